The summed E-state index contributed by atoms with van der Waals surface area (Å²) in [5.74, 6) is -0.638. The van der Waals surface area contributed by atoms with E-state index < -0.39 is 5.56 Å². The quantitative estimate of drug-likeness (QED) is 0.453. The van der Waals surface area contributed by atoms with E-state index in [4.69, 9.17) is 0 Å². The summed E-state index contributed by atoms with van der Waals surface area (Å²) >= 11 is 0. The highest BCUT2D eigenvalue weighted by Gasteiger charge is 2.11. The molecule has 22 heavy (non-hydrogen) atoms. The number of nitrogens with one attached hydrogen (secondary N) is 3. The average molecular weight is 308 g/mol. The summed E-state index contributed by atoms with van der Waals surface area (Å²) in [6.07, 6.45) is 1.48. The van der Waals surface area contributed by atoms with Crippen molar-refractivity contribution in [2.75, 3.05) is 25.5 Å². The Bertz CT molecular complexity index is 750. The number of hydrogen-bond acceptors (Lipinski definition) is 7. The first-order valence-corrected chi connectivity index (χ1v) is 6.51. The van der Waals surface area contributed by atoms with E-state index in [1.165, 1.54) is 20.4 Å². The van der Waals surface area contributed by atoms with Gasteiger partial charge in [-0.15, -0.1) is 0 Å². The summed E-state index contributed by atoms with van der Waals surface area (Å²) in [6.45, 7) is 2.32. The first-order chi connectivity index (χ1) is 10.5. The maximum atomic E-state index is 11.9. The second-order valence-electron chi connectivity index (χ2n) is 4.46. The number of aromatic amines is 1. The topological polar surface area (TPSA) is 131 Å². The molecule has 0 saturated heterocycles. The van der Waals surface area contributed by atoms with Gasteiger partial charge in [0, 0.05) is 20.0 Å². The number of rotatable bonds is 6. The van der Waals surface area contributed by atoms with Crippen LogP contribution in [0.2, 0.25) is 0 Å². The van der Waals surface area contributed by atoms with Crippen LogP contribution in [0.25, 0.3) is 11.2 Å². The van der Waals surface area contributed by atoms with Crippen LogP contribution in [0.15, 0.2) is 11.1 Å². The van der Waals surface area contributed by atoms with Crippen molar-refractivity contribution in [3.05, 3.63) is 16.7 Å². The van der Waals surface area contributed by atoms with Gasteiger partial charge in [0.15, 0.2) is 11.2 Å². The van der Waals surface area contributed by atoms with Crippen LogP contribution in [0, 0.1) is 0 Å². The molecule has 0 spiro atoms. The average Bonchev–Trinajstić information content (AvgIpc) is 2.86. The predicted molar refractivity (Wildman–Crippen MR) is 77.3 cm³/mol. The summed E-state index contributed by atoms with van der Waals surface area (Å²) in [5.41, 5.74) is 0.101. The number of anilines is 1. The van der Waals surface area contributed by atoms with Gasteiger partial charge in [0.1, 0.15) is 0 Å². The molecule has 0 unspecified atom stereocenters. The maximum absolute atomic E-state index is 11.9. The Morgan fingerprint density at radius 3 is 2.91 bits per heavy atom. The lowest BCUT2D eigenvalue weighted by Gasteiger charge is -2.06. The van der Waals surface area contributed by atoms with Crippen LogP contribution in [0.1, 0.15) is 6.92 Å². The van der Waals surface area contributed by atoms with Crippen LogP contribution in [-0.4, -0.2) is 51.6 Å². The highest BCUT2D eigenvalue weighted by atomic mass is 16.5. The molecule has 2 heterocycles. The third-order valence-electron chi connectivity index (χ3n) is 2.80. The molecule has 2 rings (SSSR count). The van der Waals surface area contributed by atoms with E-state index in [0.29, 0.717) is 18.7 Å². The third-order valence-corrected chi connectivity index (χ3v) is 2.80. The van der Waals surface area contributed by atoms with E-state index >= 15 is 0 Å². The summed E-state index contributed by atoms with van der Waals surface area (Å²) in [6, 6.07) is 0. The Morgan fingerprint density at radius 2 is 2.23 bits per heavy atom. The van der Waals surface area contributed by atoms with Crippen molar-refractivity contribution < 1.29 is 14.3 Å². The zero-order valence-electron chi connectivity index (χ0n) is 12.2. The number of aromatic nitrogens is 4. The Hall–Kier alpha value is -2.75. The van der Waals surface area contributed by atoms with Crippen LogP contribution in [0.5, 0.6) is 0 Å². The minimum absolute atomic E-state index is 0.0641. The Kier molecular flexibility index (Phi) is 4.84. The highest BCUT2D eigenvalue weighted by Crippen LogP contribution is 2.07. The molecule has 0 fully saturated rings. The smallest absolute Gasteiger partial charge is 0.319 e. The first-order valence-electron chi connectivity index (χ1n) is 6.51. The van der Waals surface area contributed by atoms with Gasteiger partial charge in [-0.3, -0.25) is 24.7 Å². The van der Waals surface area contributed by atoms with Crippen LogP contribution in [0.3, 0.4) is 0 Å². The number of carbonyl (C=O) groups excluding carboxylic acids is 2. The monoisotopic (exact) mass is 308 g/mol. The third kappa shape index (κ3) is 3.67. The zero-order valence-corrected chi connectivity index (χ0v) is 12.2. The fourth-order valence-electron chi connectivity index (χ4n) is 1.81. The molecule has 0 radical (unpaired) electrons. The van der Waals surface area contributed by atoms with Crippen LogP contribution < -0.4 is 16.2 Å². The Balaban J connectivity index is 2.13. The molecule has 0 aliphatic rings. The summed E-state index contributed by atoms with van der Waals surface area (Å²) < 4.78 is 6.16. The van der Waals surface area contributed by atoms with Crippen LogP contribution in [-0.2, 0) is 20.9 Å². The van der Waals surface area contributed by atoms with Crippen molar-refractivity contribution in [3.8, 4) is 0 Å². The Morgan fingerprint density at radius 1 is 1.45 bits per heavy atom. The van der Waals surface area contributed by atoms with Gasteiger partial charge in [-0.25, -0.2) is 4.98 Å². The fraction of sp³-hybridized carbons (Fsp3) is 0.417. The lowest BCUT2D eigenvalue weighted by molar-refractivity contribution is -0.139. The molecule has 3 N–H and O–H groups in total. The molecule has 0 bridgehead atoms. The van der Waals surface area contributed by atoms with Gasteiger partial charge < -0.3 is 14.6 Å². The van der Waals surface area contributed by atoms with Crippen molar-refractivity contribution in [2.45, 2.75) is 13.5 Å². The molecule has 118 valence electrons. The van der Waals surface area contributed by atoms with E-state index in [1.54, 1.807) is 4.57 Å². The number of amides is 1. The number of imidazole rings is 1. The zero-order chi connectivity index (χ0) is 16.1. The molecule has 0 aliphatic carbocycles. The molecular weight excluding hydrogens is 292 g/mol. The number of fused-ring (bicyclic) bond motifs is 1. The molecule has 0 aliphatic heterocycles. The summed E-state index contributed by atoms with van der Waals surface area (Å²) in [7, 11) is 1.31. The summed E-state index contributed by atoms with van der Waals surface area (Å²) in [5, 5.41) is 5.31. The molecule has 0 atom stereocenters. The van der Waals surface area contributed by atoms with Gasteiger partial charge in [-0.2, -0.15) is 4.98 Å². The lowest BCUT2D eigenvalue weighted by atomic mass is 10.5. The fourth-order valence-corrected chi connectivity index (χ4v) is 1.81. The normalized spacial score (nSPS) is 10.6. The maximum Gasteiger partial charge on any atom is 0.319 e. The first kappa shape index (κ1) is 15.6. The lowest BCUT2D eigenvalue weighted by Crippen LogP contribution is -2.27. The number of ether oxygens (including phenoxy) is 1. The SMILES string of the molecule is COC(=O)CNCCn1cnc2c(=O)[nH]c(NC(C)=O)nc21. The van der Waals surface area contributed by atoms with Gasteiger partial charge in [0.25, 0.3) is 5.56 Å². The van der Waals surface area contributed by atoms with E-state index in [1.807, 2.05) is 0 Å². The number of H-pyrrole nitrogens is 1. The van der Waals surface area contributed by atoms with Crippen molar-refractivity contribution in [2.24, 2.45) is 0 Å². The summed E-state index contributed by atoms with van der Waals surface area (Å²) in [4.78, 5) is 44.5. The van der Waals surface area contributed by atoms with Crippen molar-refractivity contribution in [1.82, 2.24) is 24.8 Å². The predicted octanol–water partition coefficient (Wildman–Crippen LogP) is -1.16. The van der Waals surface area contributed by atoms with Gasteiger partial charge in [-0.05, 0) is 0 Å². The van der Waals surface area contributed by atoms with Gasteiger partial charge in [0.2, 0.25) is 11.9 Å². The van der Waals surface area contributed by atoms with E-state index in [0.717, 1.165) is 0 Å². The van der Waals surface area contributed by atoms with Crippen molar-refractivity contribution in [1.29, 1.82) is 0 Å². The van der Waals surface area contributed by atoms with E-state index in [9.17, 15) is 14.4 Å². The molecule has 2 aromatic heterocycles. The highest BCUT2D eigenvalue weighted by molar-refractivity contribution is 5.87. The number of hydrogen-bond donors (Lipinski definition) is 3. The van der Waals surface area contributed by atoms with Crippen molar-refractivity contribution >= 4 is 29.0 Å². The van der Waals surface area contributed by atoms with Crippen LogP contribution in [0.4, 0.5) is 5.95 Å². The molecule has 10 heteroatoms. The minimum atomic E-state index is -0.435. The molecule has 2 aromatic rings. The van der Waals surface area contributed by atoms with Gasteiger partial charge in [-0.1, -0.05) is 0 Å². The minimum Gasteiger partial charge on any atom is -0.468 e. The second-order valence-corrected chi connectivity index (χ2v) is 4.46. The molecular formula is C12H16N6O4. The number of nitrogens with zero attached hydrogens (tertiary/aromatic N) is 3. The number of carbonyl (C=O) groups is 2. The largest absolute Gasteiger partial charge is 0.468 e. The molecule has 0 aromatic carbocycles. The molecule has 1 amide bonds. The molecule has 10 nitrogen and oxygen atoms in total. The van der Waals surface area contributed by atoms with Gasteiger partial charge in [0.05, 0.1) is 20.0 Å². The van der Waals surface area contributed by atoms with Crippen molar-refractivity contribution in [3.63, 3.8) is 0 Å². The number of esters is 1. The van der Waals surface area contributed by atoms with E-state index in [2.05, 4.69) is 30.3 Å². The van der Waals surface area contributed by atoms with Crippen LogP contribution >= 0.6 is 0 Å². The second kappa shape index (κ2) is 6.80. The number of methoxy groups -OCH3 is 1. The van der Waals surface area contributed by atoms with E-state index in [-0.39, 0.29) is 29.9 Å². The van der Waals surface area contributed by atoms with Gasteiger partial charge >= 0.3 is 5.97 Å². The molecule has 0 saturated carbocycles. The standard InChI is InChI=1S/C12H16N6O4/c1-7(19)15-12-16-10-9(11(21)17-12)14-6-18(10)4-3-13-5-8(20)22-2/h6,13H,3-5H2,1-2H3,(H2,15,16,17,19,21). The Labute approximate surface area is 124 Å².